The van der Waals surface area contributed by atoms with E-state index in [2.05, 4.69) is 11.4 Å². The fraction of sp³-hybridized carbons (Fsp3) is 0.429. The number of benzene rings is 2. The van der Waals surface area contributed by atoms with E-state index in [-0.39, 0.29) is 23.8 Å². The number of nitrogens with one attached hydrogen (secondary N) is 2. The molecule has 0 spiro atoms. The molecule has 1 saturated heterocycles. The van der Waals surface area contributed by atoms with Crippen molar-refractivity contribution in [1.82, 2.24) is 0 Å². The van der Waals surface area contributed by atoms with Crippen LogP contribution in [0.25, 0.3) is 10.8 Å². The maximum absolute atomic E-state index is 12.6. The smallest absolute Gasteiger partial charge is 0.309 e. The molecule has 0 radical (unpaired) electrons. The van der Waals surface area contributed by atoms with Crippen LogP contribution in [0.5, 0.6) is 0 Å². The van der Waals surface area contributed by atoms with E-state index >= 15 is 0 Å². The zero-order valence-corrected chi connectivity index (χ0v) is 15.5. The Balaban J connectivity index is 1.57. The lowest BCUT2D eigenvalue weighted by Gasteiger charge is -2.31. The second kappa shape index (κ2) is 8.32. The van der Waals surface area contributed by atoms with Crippen molar-refractivity contribution < 1.29 is 19.2 Å². The molecule has 5 nitrogen and oxygen atoms in total. The van der Waals surface area contributed by atoms with E-state index in [4.69, 9.17) is 4.74 Å². The number of ether oxygens (including phenoxy) is 1. The number of hydrogen-bond acceptors (Lipinski definition) is 3. The van der Waals surface area contributed by atoms with Crippen LogP contribution in [-0.2, 0) is 14.3 Å². The Kier molecular flexibility index (Phi) is 5.89. The van der Waals surface area contributed by atoms with Gasteiger partial charge in [-0.05, 0) is 36.8 Å². The fourth-order valence-electron chi connectivity index (χ4n) is 3.62. The van der Waals surface area contributed by atoms with E-state index < -0.39 is 0 Å². The molecule has 5 heteroatoms. The maximum atomic E-state index is 12.6. The first-order valence-electron chi connectivity index (χ1n) is 9.39. The van der Waals surface area contributed by atoms with Crippen LogP contribution in [0.15, 0.2) is 42.5 Å². The lowest BCUT2D eigenvalue weighted by Crippen LogP contribution is -3.17. The van der Waals surface area contributed by atoms with Crippen LogP contribution < -0.4 is 10.2 Å². The van der Waals surface area contributed by atoms with Gasteiger partial charge in [0.1, 0.15) is 0 Å². The zero-order chi connectivity index (χ0) is 18.5. The number of carbonyl (C=O) groups is 2. The summed E-state index contributed by atoms with van der Waals surface area (Å²) in [6.07, 6.45) is 1.56. The van der Waals surface area contributed by atoms with Gasteiger partial charge in [0.25, 0.3) is 5.91 Å². The van der Waals surface area contributed by atoms with E-state index in [0.29, 0.717) is 6.61 Å². The first-order chi connectivity index (χ1) is 12.6. The van der Waals surface area contributed by atoms with E-state index in [9.17, 15) is 9.59 Å². The highest BCUT2D eigenvalue weighted by molar-refractivity contribution is 5.96. The molecule has 2 aromatic carbocycles. The highest BCUT2D eigenvalue weighted by atomic mass is 16.5. The summed E-state index contributed by atoms with van der Waals surface area (Å²) in [5.41, 5.74) is 0.821. The van der Waals surface area contributed by atoms with Gasteiger partial charge in [0.2, 0.25) is 0 Å². The Labute approximate surface area is 154 Å². The minimum Gasteiger partial charge on any atom is -0.466 e. The number of rotatable bonds is 5. The standard InChI is InChI=1S/C21H26N2O3/c1-3-26-21(25)17-10-12-23(13-11-17)15(2)20(24)22-19-9-8-16-6-4-5-7-18(16)14-19/h4-9,14-15,17H,3,10-13H2,1-2H3,(H,22,24)/p+1/t15-/m1/s1. The quantitative estimate of drug-likeness (QED) is 0.807. The van der Waals surface area contributed by atoms with Crippen molar-refractivity contribution in [3.05, 3.63) is 42.5 Å². The van der Waals surface area contributed by atoms with Gasteiger partial charge in [-0.3, -0.25) is 9.59 Å². The highest BCUT2D eigenvalue weighted by Gasteiger charge is 2.33. The summed E-state index contributed by atoms with van der Waals surface area (Å²) in [6.45, 7) is 5.84. The van der Waals surface area contributed by atoms with Crippen molar-refractivity contribution in [2.75, 3.05) is 25.0 Å². The van der Waals surface area contributed by atoms with Crippen LogP contribution in [0.4, 0.5) is 5.69 Å². The molecule has 2 aromatic rings. The average molecular weight is 355 g/mol. The van der Waals surface area contributed by atoms with Gasteiger partial charge < -0.3 is 15.0 Å². The van der Waals surface area contributed by atoms with Crippen molar-refractivity contribution >= 4 is 28.3 Å². The molecule has 26 heavy (non-hydrogen) atoms. The van der Waals surface area contributed by atoms with Crippen LogP contribution in [-0.4, -0.2) is 37.6 Å². The van der Waals surface area contributed by atoms with Crippen LogP contribution in [0, 0.1) is 5.92 Å². The van der Waals surface area contributed by atoms with Crippen molar-refractivity contribution in [2.24, 2.45) is 5.92 Å². The number of likely N-dealkylation sites (tertiary alicyclic amines) is 1. The van der Waals surface area contributed by atoms with E-state index in [1.807, 2.05) is 50.2 Å². The van der Waals surface area contributed by atoms with E-state index in [1.54, 1.807) is 0 Å². The molecular formula is C21H27N2O3+. The number of anilines is 1. The molecule has 0 bridgehead atoms. The Hall–Kier alpha value is -2.40. The largest absolute Gasteiger partial charge is 0.466 e. The molecule has 1 aliphatic rings. The SMILES string of the molecule is CCOC(=O)C1CC[NH+]([C@H](C)C(=O)Nc2ccc3ccccc3c2)CC1. The topological polar surface area (TPSA) is 59.8 Å². The maximum Gasteiger partial charge on any atom is 0.309 e. The minimum atomic E-state index is -0.149. The van der Waals surface area contributed by atoms with Gasteiger partial charge in [-0.2, -0.15) is 0 Å². The Morgan fingerprint density at radius 3 is 2.54 bits per heavy atom. The van der Waals surface area contributed by atoms with Gasteiger partial charge in [-0.25, -0.2) is 0 Å². The minimum absolute atomic E-state index is 0.0184. The fourth-order valence-corrected chi connectivity index (χ4v) is 3.62. The molecule has 1 heterocycles. The van der Waals surface area contributed by atoms with Crippen molar-refractivity contribution in [3.8, 4) is 0 Å². The number of amides is 1. The summed E-state index contributed by atoms with van der Waals surface area (Å²) in [4.78, 5) is 25.7. The van der Waals surface area contributed by atoms with Crippen molar-refractivity contribution in [1.29, 1.82) is 0 Å². The molecule has 3 rings (SSSR count). The zero-order valence-electron chi connectivity index (χ0n) is 15.5. The molecule has 0 aromatic heterocycles. The molecule has 138 valence electrons. The predicted octanol–water partition coefficient (Wildman–Crippen LogP) is 2.02. The summed E-state index contributed by atoms with van der Waals surface area (Å²) in [7, 11) is 0. The number of piperidine rings is 1. The molecular weight excluding hydrogens is 328 g/mol. The van der Waals surface area contributed by atoms with Crippen molar-refractivity contribution in [3.63, 3.8) is 0 Å². The first-order valence-corrected chi connectivity index (χ1v) is 9.39. The van der Waals surface area contributed by atoms with E-state index in [0.717, 1.165) is 42.4 Å². The number of carbonyl (C=O) groups excluding carboxylic acids is 2. The van der Waals surface area contributed by atoms with Crippen LogP contribution in [0.2, 0.25) is 0 Å². The number of hydrogen-bond donors (Lipinski definition) is 2. The van der Waals surface area contributed by atoms with E-state index in [1.165, 1.54) is 4.90 Å². The molecule has 1 aliphatic heterocycles. The van der Waals surface area contributed by atoms with Gasteiger partial charge in [0.05, 0.1) is 25.6 Å². The number of esters is 1. The monoisotopic (exact) mass is 355 g/mol. The second-order valence-electron chi connectivity index (χ2n) is 6.96. The van der Waals surface area contributed by atoms with Crippen LogP contribution >= 0.6 is 0 Å². The normalized spacial score (nSPS) is 21.2. The molecule has 1 amide bonds. The highest BCUT2D eigenvalue weighted by Crippen LogP contribution is 2.19. The average Bonchev–Trinajstić information content (AvgIpc) is 2.67. The summed E-state index contributed by atoms with van der Waals surface area (Å²) in [5, 5.41) is 5.30. The summed E-state index contributed by atoms with van der Waals surface area (Å²) in [6, 6.07) is 13.9. The molecule has 1 atom stereocenters. The summed E-state index contributed by atoms with van der Waals surface area (Å²) < 4.78 is 5.11. The molecule has 1 fully saturated rings. The predicted molar refractivity (Wildman–Crippen MR) is 102 cm³/mol. The Bertz CT molecular complexity index is 782. The van der Waals surface area contributed by atoms with Crippen LogP contribution in [0.1, 0.15) is 26.7 Å². The number of fused-ring (bicyclic) bond motifs is 1. The first kappa shape index (κ1) is 18.4. The lowest BCUT2D eigenvalue weighted by atomic mass is 9.96. The molecule has 0 unspecified atom stereocenters. The van der Waals surface area contributed by atoms with Gasteiger partial charge in [0, 0.05) is 18.5 Å². The molecule has 0 aliphatic carbocycles. The third-order valence-corrected chi connectivity index (χ3v) is 5.27. The summed E-state index contributed by atoms with van der Waals surface area (Å²) >= 11 is 0. The van der Waals surface area contributed by atoms with Gasteiger partial charge in [0.15, 0.2) is 6.04 Å². The Morgan fingerprint density at radius 1 is 1.15 bits per heavy atom. The lowest BCUT2D eigenvalue weighted by molar-refractivity contribution is -0.919. The third-order valence-electron chi connectivity index (χ3n) is 5.27. The molecule has 2 N–H and O–H groups in total. The number of quaternary nitrogens is 1. The van der Waals surface area contributed by atoms with Gasteiger partial charge >= 0.3 is 5.97 Å². The molecule has 0 saturated carbocycles. The van der Waals surface area contributed by atoms with Gasteiger partial charge in [-0.1, -0.05) is 30.3 Å². The third kappa shape index (κ3) is 4.22. The van der Waals surface area contributed by atoms with Crippen molar-refractivity contribution in [2.45, 2.75) is 32.7 Å². The van der Waals surface area contributed by atoms with Gasteiger partial charge in [-0.15, -0.1) is 0 Å². The summed E-state index contributed by atoms with van der Waals surface area (Å²) in [5.74, 6) is -0.0980. The Morgan fingerprint density at radius 2 is 1.85 bits per heavy atom. The second-order valence-corrected chi connectivity index (χ2v) is 6.96. The van der Waals surface area contributed by atoms with Crippen LogP contribution in [0.3, 0.4) is 0 Å².